The Morgan fingerprint density at radius 2 is 2.12 bits per heavy atom. The maximum Gasteiger partial charge on any atom is 0.244 e. The van der Waals surface area contributed by atoms with Gasteiger partial charge in [0.15, 0.2) is 0 Å². The fourth-order valence-electron chi connectivity index (χ4n) is 2.17. The van der Waals surface area contributed by atoms with Gasteiger partial charge in [-0.05, 0) is 31.9 Å². The van der Waals surface area contributed by atoms with E-state index >= 15 is 0 Å². The predicted molar refractivity (Wildman–Crippen MR) is 63.7 cm³/mol. The Hall–Kier alpha value is -1.38. The molecule has 17 heavy (non-hydrogen) atoms. The molecule has 0 spiro atoms. The molecule has 1 saturated heterocycles. The van der Waals surface area contributed by atoms with Crippen LogP contribution >= 0.6 is 0 Å². The van der Waals surface area contributed by atoms with Gasteiger partial charge in [-0.1, -0.05) is 12.1 Å². The third-order valence-electron chi connectivity index (χ3n) is 3.09. The Kier molecular flexibility index (Phi) is 3.18. The van der Waals surface area contributed by atoms with E-state index in [9.17, 15) is 8.42 Å². The smallest absolute Gasteiger partial charge is 0.207 e. The summed E-state index contributed by atoms with van der Waals surface area (Å²) in [6.07, 6.45) is 1.77. The largest absolute Gasteiger partial charge is 0.244 e. The van der Waals surface area contributed by atoms with E-state index in [0.29, 0.717) is 6.54 Å². The molecule has 4 nitrogen and oxygen atoms in total. The van der Waals surface area contributed by atoms with E-state index in [1.54, 1.807) is 12.1 Å². The third kappa shape index (κ3) is 2.06. The molecule has 1 atom stereocenters. The molecule has 1 aromatic rings. The molecule has 1 aromatic carbocycles. The van der Waals surface area contributed by atoms with Crippen molar-refractivity contribution in [3.8, 4) is 6.07 Å². The van der Waals surface area contributed by atoms with Crippen LogP contribution in [0.15, 0.2) is 29.2 Å². The number of nitrogens with zero attached hydrogens (tertiary/aromatic N) is 2. The number of hydrogen-bond acceptors (Lipinski definition) is 3. The van der Waals surface area contributed by atoms with Crippen LogP contribution < -0.4 is 0 Å². The summed E-state index contributed by atoms with van der Waals surface area (Å²) in [4.78, 5) is 0.122. The summed E-state index contributed by atoms with van der Waals surface area (Å²) in [7, 11) is -3.52. The minimum Gasteiger partial charge on any atom is -0.207 e. The van der Waals surface area contributed by atoms with Crippen LogP contribution in [0.3, 0.4) is 0 Å². The number of sulfonamides is 1. The Bertz CT molecular complexity index is 560. The van der Waals surface area contributed by atoms with E-state index < -0.39 is 10.0 Å². The maximum absolute atomic E-state index is 12.4. The number of hydrogen-bond donors (Lipinski definition) is 0. The second-order valence-corrected chi connectivity index (χ2v) is 6.07. The van der Waals surface area contributed by atoms with Crippen LogP contribution in [0.25, 0.3) is 0 Å². The molecule has 2 rings (SSSR count). The zero-order chi connectivity index (χ0) is 12.5. The SMILES string of the molecule is CC1CCCN1S(=O)(=O)c1ccccc1C#N. The van der Waals surface area contributed by atoms with Gasteiger partial charge in [0.25, 0.3) is 0 Å². The van der Waals surface area contributed by atoms with Crippen molar-refractivity contribution in [2.24, 2.45) is 0 Å². The van der Waals surface area contributed by atoms with Gasteiger partial charge in [-0.3, -0.25) is 0 Å². The first-order chi connectivity index (χ1) is 8.07. The van der Waals surface area contributed by atoms with Crippen molar-refractivity contribution in [3.63, 3.8) is 0 Å². The molecule has 1 aliphatic rings. The van der Waals surface area contributed by atoms with Crippen molar-refractivity contribution in [2.75, 3.05) is 6.54 Å². The Balaban J connectivity index is 2.49. The second kappa shape index (κ2) is 4.47. The first-order valence-corrected chi connectivity index (χ1v) is 7.02. The van der Waals surface area contributed by atoms with Crippen LogP contribution in [0, 0.1) is 11.3 Å². The first-order valence-electron chi connectivity index (χ1n) is 5.58. The minimum absolute atomic E-state index is 0.0201. The monoisotopic (exact) mass is 250 g/mol. The van der Waals surface area contributed by atoms with Crippen molar-refractivity contribution in [1.29, 1.82) is 5.26 Å². The molecule has 1 aliphatic heterocycles. The summed E-state index contributed by atoms with van der Waals surface area (Å²) in [5.41, 5.74) is 0.214. The molecule has 1 fully saturated rings. The molecule has 0 aromatic heterocycles. The average Bonchev–Trinajstić information content (AvgIpc) is 2.76. The van der Waals surface area contributed by atoms with Crippen molar-refractivity contribution in [2.45, 2.75) is 30.7 Å². The quantitative estimate of drug-likeness (QED) is 0.803. The van der Waals surface area contributed by atoms with Gasteiger partial charge in [-0.2, -0.15) is 9.57 Å². The zero-order valence-electron chi connectivity index (χ0n) is 9.63. The lowest BCUT2D eigenvalue weighted by atomic mass is 10.2. The molecule has 1 heterocycles. The normalized spacial score (nSPS) is 21.3. The highest BCUT2D eigenvalue weighted by atomic mass is 32.2. The van der Waals surface area contributed by atoms with E-state index in [-0.39, 0.29) is 16.5 Å². The van der Waals surface area contributed by atoms with Crippen molar-refractivity contribution in [1.82, 2.24) is 4.31 Å². The lowest BCUT2D eigenvalue weighted by Crippen LogP contribution is -2.34. The Morgan fingerprint density at radius 3 is 2.71 bits per heavy atom. The van der Waals surface area contributed by atoms with Crippen LogP contribution in [0.4, 0.5) is 0 Å². The summed E-state index contributed by atoms with van der Waals surface area (Å²) in [5.74, 6) is 0. The number of benzene rings is 1. The lowest BCUT2D eigenvalue weighted by molar-refractivity contribution is 0.408. The summed E-state index contributed by atoms with van der Waals surface area (Å²) in [5, 5.41) is 8.96. The minimum atomic E-state index is -3.52. The topological polar surface area (TPSA) is 61.2 Å². The standard InChI is InChI=1S/C12H14N2O2S/c1-10-5-4-8-14(10)17(15,16)12-7-3-2-6-11(12)9-13/h2-3,6-7,10H,4-5,8H2,1H3. The highest BCUT2D eigenvalue weighted by molar-refractivity contribution is 7.89. The van der Waals surface area contributed by atoms with Gasteiger partial charge in [-0.15, -0.1) is 0 Å². The Morgan fingerprint density at radius 1 is 1.41 bits per heavy atom. The van der Waals surface area contributed by atoms with Crippen LogP contribution in [0.2, 0.25) is 0 Å². The molecule has 5 heteroatoms. The predicted octanol–water partition coefficient (Wildman–Crippen LogP) is 1.73. The third-order valence-corrected chi connectivity index (χ3v) is 5.16. The van der Waals surface area contributed by atoms with E-state index in [1.165, 1.54) is 16.4 Å². The first kappa shape index (κ1) is 12.1. The Labute approximate surface area is 102 Å². The molecule has 0 bridgehead atoms. The molecule has 0 amide bonds. The van der Waals surface area contributed by atoms with Crippen LogP contribution in [0.5, 0.6) is 0 Å². The second-order valence-electron chi connectivity index (χ2n) is 4.21. The zero-order valence-corrected chi connectivity index (χ0v) is 10.4. The molecule has 0 radical (unpaired) electrons. The highest BCUT2D eigenvalue weighted by Gasteiger charge is 2.33. The van der Waals surface area contributed by atoms with Crippen molar-refractivity contribution >= 4 is 10.0 Å². The van der Waals surface area contributed by atoms with Gasteiger partial charge < -0.3 is 0 Å². The van der Waals surface area contributed by atoms with Crippen LogP contribution in [-0.4, -0.2) is 25.3 Å². The van der Waals surface area contributed by atoms with Crippen molar-refractivity contribution < 1.29 is 8.42 Å². The fourth-order valence-corrected chi connectivity index (χ4v) is 4.02. The fraction of sp³-hybridized carbons (Fsp3) is 0.417. The summed E-state index contributed by atoms with van der Waals surface area (Å²) >= 11 is 0. The average molecular weight is 250 g/mol. The summed E-state index contributed by atoms with van der Waals surface area (Å²) < 4.78 is 26.3. The maximum atomic E-state index is 12.4. The van der Waals surface area contributed by atoms with E-state index in [4.69, 9.17) is 5.26 Å². The summed E-state index contributed by atoms with van der Waals surface area (Å²) in [6.45, 7) is 2.45. The van der Waals surface area contributed by atoms with Gasteiger partial charge in [0.1, 0.15) is 6.07 Å². The number of nitriles is 1. The van der Waals surface area contributed by atoms with E-state index in [1.807, 2.05) is 13.0 Å². The molecular formula is C12H14N2O2S. The molecule has 0 aliphatic carbocycles. The van der Waals surface area contributed by atoms with Crippen molar-refractivity contribution in [3.05, 3.63) is 29.8 Å². The van der Waals surface area contributed by atoms with Crippen LogP contribution in [0.1, 0.15) is 25.3 Å². The van der Waals surface area contributed by atoms with Gasteiger partial charge in [-0.25, -0.2) is 8.42 Å². The van der Waals surface area contributed by atoms with Gasteiger partial charge in [0.05, 0.1) is 10.5 Å². The molecule has 0 N–H and O–H groups in total. The van der Waals surface area contributed by atoms with Gasteiger partial charge >= 0.3 is 0 Å². The molecule has 1 unspecified atom stereocenters. The van der Waals surface area contributed by atoms with E-state index in [2.05, 4.69) is 0 Å². The lowest BCUT2D eigenvalue weighted by Gasteiger charge is -2.21. The molecule has 0 saturated carbocycles. The number of rotatable bonds is 2. The van der Waals surface area contributed by atoms with Crippen LogP contribution in [-0.2, 0) is 10.0 Å². The molecule has 90 valence electrons. The summed E-state index contributed by atoms with van der Waals surface area (Å²) in [6, 6.07) is 8.31. The highest BCUT2D eigenvalue weighted by Crippen LogP contribution is 2.27. The van der Waals surface area contributed by atoms with Gasteiger partial charge in [0, 0.05) is 12.6 Å². The van der Waals surface area contributed by atoms with Gasteiger partial charge in [0.2, 0.25) is 10.0 Å². The van der Waals surface area contributed by atoms with E-state index in [0.717, 1.165) is 12.8 Å². The molecular weight excluding hydrogens is 236 g/mol.